The van der Waals surface area contributed by atoms with E-state index in [0.717, 1.165) is 25.3 Å². The van der Waals surface area contributed by atoms with Gasteiger partial charge in [-0.25, -0.2) is 0 Å². The standard InChI is InChI=1S/C17H37N3O/c1-5-17(15-21,18-6-2)10-7-11-20-12-8-16(9-13-20)14-19(3)4/h16,18,21H,5-15H2,1-4H3. The van der Waals surface area contributed by atoms with Crippen molar-refractivity contribution < 1.29 is 5.11 Å². The second-order valence-corrected chi connectivity index (χ2v) is 6.97. The van der Waals surface area contributed by atoms with Crippen LogP contribution in [-0.4, -0.2) is 73.9 Å². The highest BCUT2D eigenvalue weighted by atomic mass is 16.3. The number of rotatable bonds is 10. The average Bonchev–Trinajstić information content (AvgIpc) is 2.47. The van der Waals surface area contributed by atoms with Crippen LogP contribution in [0.1, 0.15) is 46.0 Å². The number of aliphatic hydroxyl groups is 1. The second-order valence-electron chi connectivity index (χ2n) is 6.97. The van der Waals surface area contributed by atoms with Crippen LogP contribution < -0.4 is 5.32 Å². The summed E-state index contributed by atoms with van der Waals surface area (Å²) in [5.41, 5.74) is -0.0575. The Morgan fingerprint density at radius 2 is 1.90 bits per heavy atom. The summed E-state index contributed by atoms with van der Waals surface area (Å²) in [5.74, 6) is 0.880. The largest absolute Gasteiger partial charge is 0.394 e. The van der Waals surface area contributed by atoms with E-state index in [4.69, 9.17) is 0 Å². The van der Waals surface area contributed by atoms with Crippen molar-refractivity contribution in [1.82, 2.24) is 15.1 Å². The van der Waals surface area contributed by atoms with Crippen molar-refractivity contribution in [2.75, 3.05) is 53.4 Å². The lowest BCUT2D eigenvalue weighted by molar-refractivity contribution is 0.128. The van der Waals surface area contributed by atoms with Gasteiger partial charge in [0.05, 0.1) is 6.61 Å². The van der Waals surface area contributed by atoms with Gasteiger partial charge < -0.3 is 20.2 Å². The molecule has 0 aliphatic carbocycles. The van der Waals surface area contributed by atoms with Crippen molar-refractivity contribution in [2.24, 2.45) is 5.92 Å². The van der Waals surface area contributed by atoms with Crippen molar-refractivity contribution >= 4 is 0 Å². The van der Waals surface area contributed by atoms with Crippen LogP contribution in [0.15, 0.2) is 0 Å². The van der Waals surface area contributed by atoms with Gasteiger partial charge >= 0.3 is 0 Å². The second kappa shape index (κ2) is 9.78. The molecular formula is C17H37N3O. The predicted octanol–water partition coefficient (Wildman–Crippen LogP) is 1.79. The number of piperidine rings is 1. The van der Waals surface area contributed by atoms with E-state index in [1.165, 1.54) is 45.4 Å². The van der Waals surface area contributed by atoms with Gasteiger partial charge in [0.1, 0.15) is 0 Å². The van der Waals surface area contributed by atoms with Crippen LogP contribution in [-0.2, 0) is 0 Å². The highest BCUT2D eigenvalue weighted by Crippen LogP contribution is 2.20. The number of likely N-dealkylation sites (N-methyl/N-ethyl adjacent to an activating group) is 1. The molecule has 0 bridgehead atoms. The van der Waals surface area contributed by atoms with Gasteiger partial charge in [-0.2, -0.15) is 0 Å². The predicted molar refractivity (Wildman–Crippen MR) is 90.7 cm³/mol. The Morgan fingerprint density at radius 1 is 1.24 bits per heavy atom. The molecule has 0 radical (unpaired) electrons. The number of likely N-dealkylation sites (tertiary alicyclic amines) is 1. The fraction of sp³-hybridized carbons (Fsp3) is 1.00. The van der Waals surface area contributed by atoms with E-state index in [9.17, 15) is 5.11 Å². The summed E-state index contributed by atoms with van der Waals surface area (Å²) in [6.45, 7) is 10.4. The fourth-order valence-corrected chi connectivity index (χ4v) is 3.56. The molecule has 1 heterocycles. The zero-order valence-electron chi connectivity index (χ0n) is 14.7. The third-order valence-electron chi connectivity index (χ3n) is 4.99. The smallest absolute Gasteiger partial charge is 0.0613 e. The van der Waals surface area contributed by atoms with E-state index < -0.39 is 0 Å². The third-order valence-corrected chi connectivity index (χ3v) is 4.99. The van der Waals surface area contributed by atoms with Crippen molar-refractivity contribution in [3.05, 3.63) is 0 Å². The zero-order valence-corrected chi connectivity index (χ0v) is 14.7. The Kier molecular flexibility index (Phi) is 8.79. The maximum Gasteiger partial charge on any atom is 0.0613 e. The molecular weight excluding hydrogens is 262 g/mol. The first-order valence-electron chi connectivity index (χ1n) is 8.78. The molecule has 1 rings (SSSR count). The Balaban J connectivity index is 2.24. The Morgan fingerprint density at radius 3 is 2.38 bits per heavy atom. The van der Waals surface area contributed by atoms with E-state index in [-0.39, 0.29) is 12.1 Å². The minimum absolute atomic E-state index is 0.0575. The average molecular weight is 300 g/mol. The molecule has 0 saturated carbocycles. The quantitative estimate of drug-likeness (QED) is 0.645. The molecule has 2 N–H and O–H groups in total. The summed E-state index contributed by atoms with van der Waals surface area (Å²) in [4.78, 5) is 4.92. The Labute approximate surface area is 131 Å². The molecule has 0 aromatic carbocycles. The number of aliphatic hydroxyl groups excluding tert-OH is 1. The number of nitrogens with one attached hydrogen (secondary N) is 1. The summed E-state index contributed by atoms with van der Waals surface area (Å²) >= 11 is 0. The zero-order chi connectivity index (χ0) is 15.7. The molecule has 1 aliphatic rings. The van der Waals surface area contributed by atoms with Gasteiger partial charge in [-0.3, -0.25) is 0 Å². The molecule has 0 aromatic rings. The van der Waals surface area contributed by atoms with E-state index in [2.05, 4.69) is 43.1 Å². The van der Waals surface area contributed by atoms with Gasteiger partial charge in [-0.1, -0.05) is 13.8 Å². The molecule has 0 amide bonds. The highest BCUT2D eigenvalue weighted by Gasteiger charge is 2.26. The van der Waals surface area contributed by atoms with Crippen LogP contribution in [0.2, 0.25) is 0 Å². The fourth-order valence-electron chi connectivity index (χ4n) is 3.56. The monoisotopic (exact) mass is 299 g/mol. The molecule has 0 aromatic heterocycles. The summed E-state index contributed by atoms with van der Waals surface area (Å²) in [6.07, 6.45) is 5.93. The van der Waals surface area contributed by atoms with Gasteiger partial charge in [0.25, 0.3) is 0 Å². The molecule has 1 aliphatic heterocycles. The van der Waals surface area contributed by atoms with Crippen LogP contribution in [0.4, 0.5) is 0 Å². The molecule has 1 saturated heterocycles. The minimum atomic E-state index is -0.0575. The van der Waals surface area contributed by atoms with Crippen LogP contribution in [0.5, 0.6) is 0 Å². The molecule has 0 spiro atoms. The molecule has 1 fully saturated rings. The van der Waals surface area contributed by atoms with E-state index in [0.29, 0.717) is 0 Å². The van der Waals surface area contributed by atoms with Gasteiger partial charge in [0, 0.05) is 12.1 Å². The van der Waals surface area contributed by atoms with Crippen LogP contribution in [0.25, 0.3) is 0 Å². The summed E-state index contributed by atoms with van der Waals surface area (Å²) in [7, 11) is 4.35. The third kappa shape index (κ3) is 6.64. The first kappa shape index (κ1) is 18.9. The first-order chi connectivity index (χ1) is 10.0. The maximum atomic E-state index is 9.68. The topological polar surface area (TPSA) is 38.7 Å². The van der Waals surface area contributed by atoms with Crippen molar-refractivity contribution in [3.63, 3.8) is 0 Å². The normalized spacial score (nSPS) is 20.9. The van der Waals surface area contributed by atoms with Crippen molar-refractivity contribution in [2.45, 2.75) is 51.5 Å². The van der Waals surface area contributed by atoms with Crippen LogP contribution in [0, 0.1) is 5.92 Å². The first-order valence-corrected chi connectivity index (χ1v) is 8.78. The summed E-state index contributed by atoms with van der Waals surface area (Å²) in [5, 5.41) is 13.2. The Bertz CT molecular complexity index is 259. The van der Waals surface area contributed by atoms with E-state index >= 15 is 0 Å². The van der Waals surface area contributed by atoms with Crippen molar-refractivity contribution in [1.29, 1.82) is 0 Å². The molecule has 21 heavy (non-hydrogen) atoms. The highest BCUT2D eigenvalue weighted by molar-refractivity contribution is 4.86. The van der Waals surface area contributed by atoms with E-state index in [1.54, 1.807) is 0 Å². The number of nitrogens with zero attached hydrogens (tertiary/aromatic N) is 2. The number of hydrogen-bond acceptors (Lipinski definition) is 4. The summed E-state index contributed by atoms with van der Waals surface area (Å²) in [6, 6.07) is 0. The lowest BCUT2D eigenvalue weighted by atomic mass is 9.90. The van der Waals surface area contributed by atoms with Crippen molar-refractivity contribution in [3.8, 4) is 0 Å². The minimum Gasteiger partial charge on any atom is -0.394 e. The van der Waals surface area contributed by atoms with Gasteiger partial charge in [0.2, 0.25) is 0 Å². The molecule has 4 heteroatoms. The summed E-state index contributed by atoms with van der Waals surface area (Å²) < 4.78 is 0. The molecule has 126 valence electrons. The lowest BCUT2D eigenvalue weighted by Gasteiger charge is -2.35. The van der Waals surface area contributed by atoms with Gasteiger partial charge in [-0.05, 0) is 78.3 Å². The van der Waals surface area contributed by atoms with Gasteiger partial charge in [-0.15, -0.1) is 0 Å². The Hall–Kier alpha value is -0.160. The van der Waals surface area contributed by atoms with Gasteiger partial charge in [0.15, 0.2) is 0 Å². The van der Waals surface area contributed by atoms with E-state index in [1.807, 2.05) is 0 Å². The van der Waals surface area contributed by atoms with Crippen LogP contribution >= 0.6 is 0 Å². The number of hydrogen-bond donors (Lipinski definition) is 2. The molecule has 1 atom stereocenters. The molecule has 4 nitrogen and oxygen atoms in total. The van der Waals surface area contributed by atoms with Crippen LogP contribution in [0.3, 0.4) is 0 Å². The lowest BCUT2D eigenvalue weighted by Crippen LogP contribution is -2.48. The SMILES string of the molecule is CCNC(CC)(CO)CCCN1CCC(CN(C)C)CC1. The maximum absolute atomic E-state index is 9.68. The molecule has 1 unspecified atom stereocenters.